The van der Waals surface area contributed by atoms with Gasteiger partial charge in [-0.25, -0.2) is 0 Å². The Morgan fingerprint density at radius 3 is 2.79 bits per heavy atom. The van der Waals surface area contributed by atoms with E-state index in [2.05, 4.69) is 10.6 Å². The average molecular weight is 263 g/mol. The maximum atomic E-state index is 11.9. The summed E-state index contributed by atoms with van der Waals surface area (Å²) in [5, 5.41) is 16.9. The van der Waals surface area contributed by atoms with E-state index in [9.17, 15) is 14.9 Å². The van der Waals surface area contributed by atoms with Crippen molar-refractivity contribution in [3.05, 3.63) is 39.4 Å². The summed E-state index contributed by atoms with van der Waals surface area (Å²) in [5.74, 6) is 0.214. The van der Waals surface area contributed by atoms with Crippen molar-refractivity contribution < 1.29 is 9.72 Å². The SMILES string of the molecule is CCc1ccc(C(=O)NCC2CNC2)cc1[N+](=O)[O-]. The Bertz CT molecular complexity index is 498. The molecule has 0 atom stereocenters. The van der Waals surface area contributed by atoms with E-state index in [-0.39, 0.29) is 11.6 Å². The second-order valence-electron chi connectivity index (χ2n) is 4.69. The zero-order valence-electron chi connectivity index (χ0n) is 10.8. The Morgan fingerprint density at radius 2 is 2.26 bits per heavy atom. The van der Waals surface area contributed by atoms with Gasteiger partial charge in [0.15, 0.2) is 0 Å². The van der Waals surface area contributed by atoms with Crippen molar-refractivity contribution in [3.63, 3.8) is 0 Å². The molecular weight excluding hydrogens is 246 g/mol. The number of hydrogen-bond acceptors (Lipinski definition) is 4. The number of carbonyl (C=O) groups is 1. The smallest absolute Gasteiger partial charge is 0.273 e. The molecule has 1 fully saturated rings. The van der Waals surface area contributed by atoms with Crippen molar-refractivity contribution >= 4 is 11.6 Å². The highest BCUT2D eigenvalue weighted by Gasteiger charge is 2.19. The Balaban J connectivity index is 2.08. The van der Waals surface area contributed by atoms with Gasteiger partial charge in [0.1, 0.15) is 0 Å². The molecule has 0 spiro atoms. The molecule has 1 aromatic carbocycles. The topological polar surface area (TPSA) is 84.3 Å². The van der Waals surface area contributed by atoms with E-state index >= 15 is 0 Å². The Morgan fingerprint density at radius 1 is 1.53 bits per heavy atom. The molecule has 1 amide bonds. The van der Waals surface area contributed by atoms with Crippen molar-refractivity contribution in [3.8, 4) is 0 Å². The van der Waals surface area contributed by atoms with Crippen LogP contribution in [0.1, 0.15) is 22.8 Å². The lowest BCUT2D eigenvalue weighted by molar-refractivity contribution is -0.385. The van der Waals surface area contributed by atoms with Crippen LogP contribution < -0.4 is 10.6 Å². The fourth-order valence-corrected chi connectivity index (χ4v) is 2.01. The number of aryl methyl sites for hydroxylation is 1. The van der Waals surface area contributed by atoms with Gasteiger partial charge in [-0.15, -0.1) is 0 Å². The predicted octanol–water partition coefficient (Wildman–Crippen LogP) is 1.11. The van der Waals surface area contributed by atoms with Gasteiger partial charge < -0.3 is 10.6 Å². The van der Waals surface area contributed by atoms with Crippen molar-refractivity contribution in [2.45, 2.75) is 13.3 Å². The summed E-state index contributed by atoms with van der Waals surface area (Å²) in [5.41, 5.74) is 1.00. The number of benzene rings is 1. The van der Waals surface area contributed by atoms with Gasteiger partial charge in [-0.2, -0.15) is 0 Å². The summed E-state index contributed by atoms with van der Waals surface area (Å²) >= 11 is 0. The lowest BCUT2D eigenvalue weighted by Gasteiger charge is -2.27. The fraction of sp³-hybridized carbons (Fsp3) is 0.462. The van der Waals surface area contributed by atoms with Crippen LogP contribution in [0.2, 0.25) is 0 Å². The highest BCUT2D eigenvalue weighted by atomic mass is 16.6. The molecule has 0 saturated carbocycles. The normalized spacial score (nSPS) is 14.8. The number of amides is 1. The molecule has 1 aliphatic heterocycles. The predicted molar refractivity (Wildman–Crippen MR) is 71.2 cm³/mol. The van der Waals surface area contributed by atoms with Crippen LogP contribution in [0.3, 0.4) is 0 Å². The molecule has 6 heteroatoms. The van der Waals surface area contributed by atoms with Crippen molar-refractivity contribution in [1.82, 2.24) is 10.6 Å². The van der Waals surface area contributed by atoms with Crippen LogP contribution in [0.5, 0.6) is 0 Å². The van der Waals surface area contributed by atoms with E-state index in [1.165, 1.54) is 6.07 Å². The molecule has 6 nitrogen and oxygen atoms in total. The van der Waals surface area contributed by atoms with Crippen molar-refractivity contribution in [2.24, 2.45) is 5.92 Å². The minimum atomic E-state index is -0.439. The summed E-state index contributed by atoms with van der Waals surface area (Å²) < 4.78 is 0. The first-order chi connectivity index (χ1) is 9.11. The van der Waals surface area contributed by atoms with Gasteiger partial charge >= 0.3 is 0 Å². The third-order valence-corrected chi connectivity index (χ3v) is 3.34. The van der Waals surface area contributed by atoms with Crippen LogP contribution >= 0.6 is 0 Å². The summed E-state index contributed by atoms with van der Waals surface area (Å²) in [6, 6.07) is 4.64. The molecule has 2 rings (SSSR count). The quantitative estimate of drug-likeness (QED) is 0.615. The van der Waals surface area contributed by atoms with Crippen LogP contribution in [0.25, 0.3) is 0 Å². The van der Waals surface area contributed by atoms with Gasteiger partial charge in [0.2, 0.25) is 0 Å². The number of nitrogens with zero attached hydrogens (tertiary/aromatic N) is 1. The number of nitro benzene ring substituents is 1. The molecule has 1 aromatic rings. The van der Waals surface area contributed by atoms with E-state index in [1.807, 2.05) is 6.92 Å². The van der Waals surface area contributed by atoms with Gasteiger partial charge in [0.05, 0.1) is 4.92 Å². The molecule has 0 radical (unpaired) electrons. The fourth-order valence-electron chi connectivity index (χ4n) is 2.01. The molecule has 1 heterocycles. The number of rotatable bonds is 5. The Hall–Kier alpha value is -1.95. The molecular formula is C13H17N3O3. The van der Waals surface area contributed by atoms with E-state index in [4.69, 9.17) is 0 Å². The monoisotopic (exact) mass is 263 g/mol. The highest BCUT2D eigenvalue weighted by Crippen LogP contribution is 2.20. The van der Waals surface area contributed by atoms with Gasteiger partial charge in [-0.05, 0) is 12.5 Å². The molecule has 0 bridgehead atoms. The van der Waals surface area contributed by atoms with E-state index < -0.39 is 4.92 Å². The zero-order chi connectivity index (χ0) is 13.8. The Kier molecular flexibility index (Phi) is 4.11. The average Bonchev–Trinajstić information content (AvgIpc) is 2.35. The maximum Gasteiger partial charge on any atom is 0.273 e. The summed E-state index contributed by atoms with van der Waals surface area (Å²) in [6.45, 7) is 4.28. The third-order valence-electron chi connectivity index (χ3n) is 3.34. The summed E-state index contributed by atoms with van der Waals surface area (Å²) in [6.07, 6.45) is 0.575. The molecule has 102 valence electrons. The lowest BCUT2D eigenvalue weighted by atomic mass is 10.0. The van der Waals surface area contributed by atoms with E-state index in [0.29, 0.717) is 30.0 Å². The first kappa shape index (κ1) is 13.5. The van der Waals surface area contributed by atoms with Gasteiger partial charge in [0.25, 0.3) is 11.6 Å². The first-order valence-corrected chi connectivity index (χ1v) is 6.38. The third kappa shape index (κ3) is 3.08. The van der Waals surface area contributed by atoms with E-state index in [0.717, 1.165) is 13.1 Å². The van der Waals surface area contributed by atoms with Gasteiger partial charge in [0, 0.05) is 42.7 Å². The van der Waals surface area contributed by atoms with Crippen LogP contribution in [0.15, 0.2) is 18.2 Å². The molecule has 0 unspecified atom stereocenters. The molecule has 0 aromatic heterocycles. The van der Waals surface area contributed by atoms with E-state index in [1.54, 1.807) is 12.1 Å². The van der Waals surface area contributed by atoms with Crippen molar-refractivity contribution in [1.29, 1.82) is 0 Å². The van der Waals surface area contributed by atoms with Gasteiger partial charge in [-0.1, -0.05) is 13.0 Å². The van der Waals surface area contributed by atoms with Crippen LogP contribution in [0.4, 0.5) is 5.69 Å². The number of carbonyl (C=O) groups excluding carboxylic acids is 1. The maximum absolute atomic E-state index is 11.9. The van der Waals surface area contributed by atoms with Crippen LogP contribution in [-0.2, 0) is 6.42 Å². The second kappa shape index (κ2) is 5.79. The standard InChI is InChI=1S/C13H17N3O3/c1-2-10-3-4-11(5-12(10)16(18)19)13(17)15-8-9-6-14-7-9/h3-5,9,14H,2,6-8H2,1H3,(H,15,17). The number of nitro groups is 1. The molecule has 1 saturated heterocycles. The highest BCUT2D eigenvalue weighted by molar-refractivity contribution is 5.95. The van der Waals surface area contributed by atoms with Crippen molar-refractivity contribution in [2.75, 3.05) is 19.6 Å². The lowest BCUT2D eigenvalue weighted by Crippen LogP contribution is -2.48. The summed E-state index contributed by atoms with van der Waals surface area (Å²) in [4.78, 5) is 22.4. The number of hydrogen-bond donors (Lipinski definition) is 2. The van der Waals surface area contributed by atoms with Gasteiger partial charge in [-0.3, -0.25) is 14.9 Å². The largest absolute Gasteiger partial charge is 0.352 e. The molecule has 19 heavy (non-hydrogen) atoms. The molecule has 1 aliphatic rings. The summed E-state index contributed by atoms with van der Waals surface area (Å²) in [7, 11) is 0. The number of nitrogens with one attached hydrogen (secondary N) is 2. The molecule has 0 aliphatic carbocycles. The first-order valence-electron chi connectivity index (χ1n) is 6.38. The minimum Gasteiger partial charge on any atom is -0.352 e. The zero-order valence-corrected chi connectivity index (χ0v) is 10.8. The second-order valence-corrected chi connectivity index (χ2v) is 4.69. The minimum absolute atomic E-state index is 0.0143. The Labute approximate surface area is 111 Å². The van der Waals surface area contributed by atoms with Crippen LogP contribution in [-0.4, -0.2) is 30.5 Å². The van der Waals surface area contributed by atoms with Crippen LogP contribution in [0, 0.1) is 16.0 Å². The molecule has 2 N–H and O–H groups in total.